The van der Waals surface area contributed by atoms with Crippen LogP contribution in [0.25, 0.3) is 22.3 Å². The zero-order valence-electron chi connectivity index (χ0n) is 46.0. The molecule has 0 aliphatic carbocycles. The van der Waals surface area contributed by atoms with Gasteiger partial charge in [0.1, 0.15) is 23.0 Å². The van der Waals surface area contributed by atoms with Crippen LogP contribution in [0, 0.1) is 0 Å². The van der Waals surface area contributed by atoms with Gasteiger partial charge in [0.25, 0.3) is 0 Å². The molecule has 0 spiro atoms. The number of ether oxygens (including phenoxy) is 4. The van der Waals surface area contributed by atoms with Crippen molar-refractivity contribution in [2.24, 2.45) is 0 Å². The maximum Gasteiger partial charge on any atom is 0.343 e. The maximum atomic E-state index is 13.1. The molecule has 0 saturated carbocycles. The van der Waals surface area contributed by atoms with Crippen LogP contribution in [-0.2, 0) is 12.8 Å². The molecule has 0 aliphatic heterocycles. The van der Waals surface area contributed by atoms with E-state index in [1.54, 1.807) is 72.8 Å². The molecule has 0 heterocycles. The van der Waals surface area contributed by atoms with Gasteiger partial charge < -0.3 is 18.9 Å². The highest BCUT2D eigenvalue weighted by Gasteiger charge is 2.15. The van der Waals surface area contributed by atoms with Crippen LogP contribution in [0.3, 0.4) is 0 Å². The molecule has 0 aliphatic rings. The summed E-state index contributed by atoms with van der Waals surface area (Å²) in [6.45, 7) is 4.51. The monoisotopic (exact) mass is 1050 g/mol. The summed E-state index contributed by atoms with van der Waals surface area (Å²) in [7, 11) is 0. The number of aryl methyl sites for hydroxylation is 2. The standard InChI is InChI=1S/C70H78O8/c1-3-5-7-9-11-13-15-17-19-21-24-53-28-32-57(33-29-53)67(71)77-65-48-40-59(41-49-65)69(73)75-63-44-36-55(37-45-63)61-26-23-27-62(52-61)56-38-46-64(47-39-56)76-70(74)60-42-50-66(51-43-60)78-68(72)58-34-30-54(31-35-58)25-22-20-18-16-14-12-10-8-6-4-2/h23,26-52H,3-22,24-25H2,1-2H3. The topological polar surface area (TPSA) is 105 Å². The third kappa shape index (κ3) is 19.5. The first kappa shape index (κ1) is 58.1. The van der Waals surface area contributed by atoms with Gasteiger partial charge in [-0.2, -0.15) is 0 Å². The van der Waals surface area contributed by atoms with Crippen molar-refractivity contribution in [2.45, 2.75) is 155 Å². The lowest BCUT2D eigenvalue weighted by molar-refractivity contribution is 0.0720. The second-order valence-corrected chi connectivity index (χ2v) is 20.5. The molecule has 0 N–H and O–H groups in total. The molecule has 78 heavy (non-hydrogen) atoms. The first-order chi connectivity index (χ1) is 38.2. The Labute approximate surface area is 463 Å². The Morgan fingerprint density at radius 1 is 0.269 bits per heavy atom. The Bertz CT molecular complexity index is 2710. The smallest absolute Gasteiger partial charge is 0.343 e. The average molecular weight is 1050 g/mol. The second-order valence-electron chi connectivity index (χ2n) is 20.5. The molecule has 7 rings (SSSR count). The molecular weight excluding hydrogens is 969 g/mol. The van der Waals surface area contributed by atoms with Crippen molar-refractivity contribution in [1.82, 2.24) is 0 Å². The number of carbonyl (C=O) groups excluding carboxylic acids is 4. The lowest BCUT2D eigenvalue weighted by Crippen LogP contribution is -2.10. The largest absolute Gasteiger partial charge is 0.423 e. The van der Waals surface area contributed by atoms with E-state index < -0.39 is 23.9 Å². The van der Waals surface area contributed by atoms with Gasteiger partial charge in [-0.25, -0.2) is 19.2 Å². The summed E-state index contributed by atoms with van der Waals surface area (Å²) in [5.74, 6) is -0.512. The van der Waals surface area contributed by atoms with Crippen LogP contribution in [-0.4, -0.2) is 23.9 Å². The van der Waals surface area contributed by atoms with Crippen molar-refractivity contribution in [1.29, 1.82) is 0 Å². The van der Waals surface area contributed by atoms with E-state index in [1.807, 2.05) is 91.0 Å². The Kier molecular flexibility index (Phi) is 24.0. The summed E-state index contributed by atoms with van der Waals surface area (Å²) >= 11 is 0. The van der Waals surface area contributed by atoms with E-state index in [2.05, 4.69) is 19.9 Å². The first-order valence-corrected chi connectivity index (χ1v) is 28.8. The van der Waals surface area contributed by atoms with Crippen molar-refractivity contribution in [3.63, 3.8) is 0 Å². The molecule has 0 amide bonds. The van der Waals surface area contributed by atoms with Crippen molar-refractivity contribution < 1.29 is 38.1 Å². The van der Waals surface area contributed by atoms with Gasteiger partial charge in [0, 0.05) is 0 Å². The second kappa shape index (κ2) is 32.2. The van der Waals surface area contributed by atoms with Gasteiger partial charge in [-0.15, -0.1) is 0 Å². The first-order valence-electron chi connectivity index (χ1n) is 28.8. The molecule has 0 fully saturated rings. The SMILES string of the molecule is CCCCCCCCCCCCc1ccc(C(=O)Oc2ccc(C(=O)Oc3ccc(-c4cccc(-c5ccc(OC(=O)c6ccc(OC(=O)c7ccc(CCCCCCCCCCCC)cc7)cc6)cc5)c4)cc3)cc2)cc1. The molecule has 8 nitrogen and oxygen atoms in total. The highest BCUT2D eigenvalue weighted by molar-refractivity contribution is 5.94. The molecule has 0 bridgehead atoms. The van der Waals surface area contributed by atoms with E-state index in [0.29, 0.717) is 45.3 Å². The number of rotatable bonds is 32. The predicted octanol–water partition coefficient (Wildman–Crippen LogP) is 18.8. The van der Waals surface area contributed by atoms with Gasteiger partial charge in [0.2, 0.25) is 0 Å². The van der Waals surface area contributed by atoms with Crippen LogP contribution >= 0.6 is 0 Å². The summed E-state index contributed by atoms with van der Waals surface area (Å²) in [5.41, 5.74) is 7.83. The fraction of sp³-hybridized carbons (Fsp3) is 0.343. The van der Waals surface area contributed by atoms with Gasteiger partial charge in [0.15, 0.2) is 0 Å². The number of carbonyl (C=O) groups is 4. The Hall–Kier alpha value is -7.58. The van der Waals surface area contributed by atoms with E-state index >= 15 is 0 Å². The van der Waals surface area contributed by atoms with Crippen LogP contribution in [0.2, 0.25) is 0 Å². The van der Waals surface area contributed by atoms with E-state index in [-0.39, 0.29) is 0 Å². The highest BCUT2D eigenvalue weighted by atomic mass is 16.5. The lowest BCUT2D eigenvalue weighted by Gasteiger charge is -2.10. The van der Waals surface area contributed by atoms with E-state index in [9.17, 15) is 19.2 Å². The van der Waals surface area contributed by atoms with Crippen molar-refractivity contribution in [3.05, 3.63) is 203 Å². The van der Waals surface area contributed by atoms with Gasteiger partial charge in [-0.05, 0) is 162 Å². The molecular formula is C70H78O8. The van der Waals surface area contributed by atoms with Crippen LogP contribution in [0.1, 0.15) is 195 Å². The molecule has 7 aromatic carbocycles. The van der Waals surface area contributed by atoms with Gasteiger partial charge >= 0.3 is 23.9 Å². The molecule has 0 saturated heterocycles. The highest BCUT2D eigenvalue weighted by Crippen LogP contribution is 2.30. The number of hydrogen-bond donors (Lipinski definition) is 0. The fourth-order valence-electron chi connectivity index (χ4n) is 9.54. The number of unbranched alkanes of at least 4 members (excludes halogenated alkanes) is 18. The quantitative estimate of drug-likeness (QED) is 0.0233. The zero-order chi connectivity index (χ0) is 54.6. The predicted molar refractivity (Wildman–Crippen MR) is 314 cm³/mol. The molecule has 7 aromatic rings. The van der Waals surface area contributed by atoms with Crippen molar-refractivity contribution >= 4 is 23.9 Å². The molecule has 8 heteroatoms. The Morgan fingerprint density at radius 3 is 0.795 bits per heavy atom. The van der Waals surface area contributed by atoms with E-state index in [1.165, 1.54) is 127 Å². The number of hydrogen-bond acceptors (Lipinski definition) is 8. The summed E-state index contributed by atoms with van der Waals surface area (Å²) < 4.78 is 22.6. The summed E-state index contributed by atoms with van der Waals surface area (Å²) in [6, 6.07) is 50.6. The molecule has 0 radical (unpaired) electrons. The fourth-order valence-corrected chi connectivity index (χ4v) is 9.54. The Morgan fingerprint density at radius 2 is 0.513 bits per heavy atom. The molecule has 406 valence electrons. The normalized spacial score (nSPS) is 11.0. The third-order valence-electron chi connectivity index (χ3n) is 14.3. The summed E-state index contributed by atoms with van der Waals surface area (Å²) in [4.78, 5) is 51.9. The van der Waals surface area contributed by atoms with Crippen LogP contribution in [0.15, 0.2) is 170 Å². The van der Waals surface area contributed by atoms with Gasteiger partial charge in [-0.3, -0.25) is 0 Å². The lowest BCUT2D eigenvalue weighted by atomic mass is 9.99. The molecule has 0 aromatic heterocycles. The minimum absolute atomic E-state index is 0.323. The van der Waals surface area contributed by atoms with Crippen molar-refractivity contribution in [2.75, 3.05) is 0 Å². The zero-order valence-corrected chi connectivity index (χ0v) is 46.0. The van der Waals surface area contributed by atoms with Gasteiger partial charge in [0.05, 0.1) is 22.3 Å². The molecule has 0 atom stereocenters. The van der Waals surface area contributed by atoms with Crippen LogP contribution < -0.4 is 18.9 Å². The maximum absolute atomic E-state index is 13.1. The Balaban J connectivity index is 0.804. The number of benzene rings is 7. The molecule has 0 unspecified atom stereocenters. The minimum Gasteiger partial charge on any atom is -0.423 e. The summed E-state index contributed by atoms with van der Waals surface area (Å²) in [6.07, 6.45) is 28.1. The summed E-state index contributed by atoms with van der Waals surface area (Å²) in [5, 5.41) is 0. The number of esters is 4. The minimum atomic E-state index is -0.531. The average Bonchev–Trinajstić information content (AvgIpc) is 3.47. The third-order valence-corrected chi connectivity index (χ3v) is 14.3. The van der Waals surface area contributed by atoms with Crippen molar-refractivity contribution in [3.8, 4) is 45.3 Å². The van der Waals surface area contributed by atoms with Crippen LogP contribution in [0.4, 0.5) is 0 Å². The van der Waals surface area contributed by atoms with E-state index in [0.717, 1.165) is 47.9 Å². The van der Waals surface area contributed by atoms with Gasteiger partial charge in [-0.1, -0.05) is 196 Å². The van der Waals surface area contributed by atoms with Crippen LogP contribution in [0.5, 0.6) is 23.0 Å². The van der Waals surface area contributed by atoms with E-state index in [4.69, 9.17) is 18.9 Å².